The number of carbonyl (C=O) groups is 3. The number of aliphatic hydroxyl groups is 1. The molecule has 3 aromatic rings. The Hall–Kier alpha value is -4.74. The molecule has 0 spiro atoms. The Balaban J connectivity index is 1.94. The zero-order valence-electron chi connectivity index (χ0n) is 27.2. The van der Waals surface area contributed by atoms with Crippen LogP contribution < -0.4 is 0 Å². The summed E-state index contributed by atoms with van der Waals surface area (Å²) in [4.78, 5) is 41.4. The van der Waals surface area contributed by atoms with Crippen LogP contribution in [-0.2, 0) is 18.6 Å². The third-order valence-corrected chi connectivity index (χ3v) is 12.3. The average molecular weight is 660 g/mol. The summed E-state index contributed by atoms with van der Waals surface area (Å²) in [6, 6.07) is 23.7. The lowest BCUT2D eigenvalue weighted by atomic mass is 10.0. The first kappa shape index (κ1) is 36.7. The van der Waals surface area contributed by atoms with E-state index in [1.165, 1.54) is 12.2 Å². The van der Waals surface area contributed by atoms with Gasteiger partial charge in [-0.15, -0.1) is 0 Å². The van der Waals surface area contributed by atoms with Gasteiger partial charge in [-0.25, -0.2) is 14.4 Å². The number of esters is 3. The third-order valence-electron chi connectivity index (χ3n) is 7.79. The molecule has 0 unspecified atom stereocenters. The average Bonchev–Trinajstić information content (AvgIpc) is 3.07. The van der Waals surface area contributed by atoms with E-state index in [2.05, 4.69) is 10.0 Å². The molecule has 11 nitrogen and oxygen atoms in total. The van der Waals surface area contributed by atoms with Crippen LogP contribution in [0.5, 0.6) is 0 Å². The van der Waals surface area contributed by atoms with E-state index in [1.807, 2.05) is 33.9 Å². The van der Waals surface area contributed by atoms with E-state index in [0.29, 0.717) is 5.56 Å². The van der Waals surface area contributed by atoms with E-state index in [4.69, 9.17) is 18.6 Å². The summed E-state index contributed by atoms with van der Waals surface area (Å²) in [7, 11) is -2.69. The minimum Gasteiger partial charge on any atom is -0.458 e. The summed E-state index contributed by atoms with van der Waals surface area (Å²) >= 11 is 0. The molecule has 248 valence electrons. The molecule has 0 bridgehead atoms. The van der Waals surface area contributed by atoms with Gasteiger partial charge in [0, 0.05) is 4.91 Å². The number of benzene rings is 3. The van der Waals surface area contributed by atoms with Gasteiger partial charge in [0.05, 0.1) is 28.8 Å². The number of carbonyl (C=O) groups excluding carboxylic acids is 3. The summed E-state index contributed by atoms with van der Waals surface area (Å²) in [5.41, 5.74) is 10.4. The maximum absolute atomic E-state index is 13.2. The van der Waals surface area contributed by atoms with Crippen molar-refractivity contribution < 1.29 is 38.1 Å². The Morgan fingerprint density at radius 1 is 0.830 bits per heavy atom. The van der Waals surface area contributed by atoms with E-state index < -0.39 is 57.2 Å². The minimum atomic E-state index is -2.69. The lowest BCUT2D eigenvalue weighted by molar-refractivity contribution is -0.0871. The Morgan fingerprint density at radius 2 is 1.30 bits per heavy atom. The lowest BCUT2D eigenvalue weighted by Crippen LogP contribution is -2.55. The van der Waals surface area contributed by atoms with E-state index in [9.17, 15) is 25.0 Å². The number of aliphatic hydroxyl groups excluding tert-OH is 1. The molecule has 0 radical (unpaired) electrons. The fourth-order valence-corrected chi connectivity index (χ4v) is 5.43. The number of rotatable bonds is 15. The van der Waals surface area contributed by atoms with Gasteiger partial charge in [0.15, 0.2) is 14.4 Å². The highest BCUT2D eigenvalue weighted by atomic mass is 28.4. The second kappa shape index (κ2) is 17.3. The molecule has 0 saturated heterocycles. The molecular formula is C35H41N3O8Si. The van der Waals surface area contributed by atoms with Crippen LogP contribution in [0.2, 0.25) is 18.1 Å². The summed E-state index contributed by atoms with van der Waals surface area (Å²) in [6.45, 7) is 9.22. The maximum atomic E-state index is 13.2. The number of hydrogen-bond donors (Lipinski definition) is 1. The highest BCUT2D eigenvalue weighted by Gasteiger charge is 2.45. The predicted octanol–water partition coefficient (Wildman–Crippen LogP) is 6.91. The second-order valence-corrected chi connectivity index (χ2v) is 17.0. The zero-order chi connectivity index (χ0) is 34.5. The monoisotopic (exact) mass is 659 g/mol. The number of hydrogen-bond acceptors (Lipinski definition) is 9. The van der Waals surface area contributed by atoms with E-state index in [1.54, 1.807) is 91.0 Å². The SMILES string of the molecule is CC(C)(C)[Si](C)(C)O[C@H]([C@H](O)[C@H](COC(=O)c1ccccc1)OC(=O)c1ccccc1)[C@H](/C=C/COC(=O)c1ccccc1)N=[N+]=[N-]. The van der Waals surface area contributed by atoms with Crippen LogP contribution in [0.1, 0.15) is 51.8 Å². The van der Waals surface area contributed by atoms with Crippen molar-refractivity contribution in [1.82, 2.24) is 0 Å². The molecule has 4 atom stereocenters. The smallest absolute Gasteiger partial charge is 0.338 e. The molecule has 1 N–H and O–H groups in total. The van der Waals surface area contributed by atoms with Gasteiger partial charge in [-0.05, 0) is 60.1 Å². The van der Waals surface area contributed by atoms with Gasteiger partial charge in [0.25, 0.3) is 0 Å². The summed E-state index contributed by atoms with van der Waals surface area (Å²) < 4.78 is 23.2. The molecule has 3 aromatic carbocycles. The molecule has 3 rings (SSSR count). The molecule has 0 aliphatic rings. The summed E-state index contributed by atoms with van der Waals surface area (Å²) in [5.74, 6) is -2.00. The molecule has 0 aromatic heterocycles. The minimum absolute atomic E-state index is 0.158. The van der Waals surface area contributed by atoms with E-state index in [0.717, 1.165) is 0 Å². The first-order chi connectivity index (χ1) is 22.3. The molecule has 0 saturated carbocycles. The highest BCUT2D eigenvalue weighted by molar-refractivity contribution is 6.74. The van der Waals surface area contributed by atoms with Gasteiger partial charge in [-0.3, -0.25) is 0 Å². The highest BCUT2D eigenvalue weighted by Crippen LogP contribution is 2.38. The third kappa shape index (κ3) is 10.9. The summed E-state index contributed by atoms with van der Waals surface area (Å²) in [5, 5.41) is 15.4. The quantitative estimate of drug-likeness (QED) is 0.0351. The van der Waals surface area contributed by atoms with Crippen LogP contribution in [0.25, 0.3) is 10.4 Å². The topological polar surface area (TPSA) is 157 Å². The first-order valence-corrected chi connectivity index (χ1v) is 18.0. The van der Waals surface area contributed by atoms with Gasteiger partial charge in [-0.1, -0.05) is 92.6 Å². The van der Waals surface area contributed by atoms with Gasteiger partial charge in [-0.2, -0.15) is 0 Å². The number of azide groups is 1. The van der Waals surface area contributed by atoms with Crippen LogP contribution >= 0.6 is 0 Å². The fraction of sp³-hybridized carbons (Fsp3) is 0.343. The normalized spacial score (nSPS) is 14.3. The van der Waals surface area contributed by atoms with Gasteiger partial charge < -0.3 is 23.7 Å². The summed E-state index contributed by atoms with van der Waals surface area (Å²) in [6.07, 6.45) is -1.37. The Bertz CT molecular complexity index is 1540. The number of nitrogens with zero attached hydrogens (tertiary/aromatic N) is 3. The Morgan fingerprint density at radius 3 is 1.77 bits per heavy atom. The van der Waals surface area contributed by atoms with Crippen molar-refractivity contribution in [2.45, 2.75) is 63.3 Å². The van der Waals surface area contributed by atoms with E-state index >= 15 is 0 Å². The largest absolute Gasteiger partial charge is 0.458 e. The van der Waals surface area contributed by atoms with Crippen molar-refractivity contribution >= 4 is 26.2 Å². The van der Waals surface area contributed by atoms with E-state index in [-0.39, 0.29) is 22.8 Å². The fourth-order valence-electron chi connectivity index (χ4n) is 4.12. The van der Waals surface area contributed by atoms with Crippen LogP contribution in [0.4, 0.5) is 0 Å². The van der Waals surface area contributed by atoms with Crippen molar-refractivity contribution in [3.8, 4) is 0 Å². The molecule has 47 heavy (non-hydrogen) atoms. The maximum Gasteiger partial charge on any atom is 0.338 e. The van der Waals surface area contributed by atoms with Crippen LogP contribution in [0.3, 0.4) is 0 Å². The van der Waals surface area contributed by atoms with Crippen molar-refractivity contribution in [1.29, 1.82) is 0 Å². The molecule has 0 fully saturated rings. The van der Waals surface area contributed by atoms with Crippen molar-refractivity contribution in [2.24, 2.45) is 5.11 Å². The van der Waals surface area contributed by atoms with Crippen LogP contribution in [0.15, 0.2) is 108 Å². The molecule has 0 aliphatic carbocycles. The molecule has 0 amide bonds. The van der Waals surface area contributed by atoms with Crippen LogP contribution in [-0.4, -0.2) is 68.9 Å². The lowest BCUT2D eigenvalue weighted by Gasteiger charge is -2.42. The molecule has 12 heteroatoms. The number of ether oxygens (including phenoxy) is 3. The first-order valence-electron chi connectivity index (χ1n) is 15.1. The Kier molecular flexibility index (Phi) is 13.5. The van der Waals surface area contributed by atoms with Crippen molar-refractivity contribution in [3.05, 3.63) is 130 Å². The van der Waals surface area contributed by atoms with Gasteiger partial charge in [0.1, 0.15) is 19.3 Å². The van der Waals surface area contributed by atoms with Crippen LogP contribution in [0, 0.1) is 0 Å². The zero-order valence-corrected chi connectivity index (χ0v) is 28.2. The Labute approximate surface area is 275 Å². The molecule has 0 aliphatic heterocycles. The van der Waals surface area contributed by atoms with Gasteiger partial charge in [0.2, 0.25) is 0 Å². The molecular weight excluding hydrogens is 618 g/mol. The second-order valence-electron chi connectivity index (χ2n) is 12.2. The standard InChI is InChI=1S/C35H41N3O8Si/c1-35(2,3)47(4,5)46-31(28(37-38-36)22-15-23-43-32(40)25-16-9-6-10-17-25)30(39)29(45-34(42)27-20-13-8-14-21-27)24-44-33(41)26-18-11-7-12-19-26/h6-22,28-31,39H,23-24H2,1-5H3/b22-15+/t28-,29-,30+,31-/m0/s1. The van der Waals surface area contributed by atoms with Crippen molar-refractivity contribution in [3.63, 3.8) is 0 Å². The van der Waals surface area contributed by atoms with Crippen molar-refractivity contribution in [2.75, 3.05) is 13.2 Å². The van der Waals surface area contributed by atoms with Gasteiger partial charge >= 0.3 is 17.9 Å². The predicted molar refractivity (Wildman–Crippen MR) is 179 cm³/mol. The molecule has 0 heterocycles.